The zero-order valence-electron chi connectivity index (χ0n) is 12.2. The van der Waals surface area contributed by atoms with E-state index >= 15 is 0 Å². The molecule has 1 aromatic heterocycles. The molecule has 8 heteroatoms. The van der Waals surface area contributed by atoms with Gasteiger partial charge in [0.15, 0.2) is 5.50 Å². The lowest BCUT2D eigenvalue weighted by Gasteiger charge is -2.09. The molecule has 0 radical (unpaired) electrons. The van der Waals surface area contributed by atoms with Crippen molar-refractivity contribution >= 4 is 40.9 Å². The van der Waals surface area contributed by atoms with Gasteiger partial charge in [-0.25, -0.2) is 4.79 Å². The summed E-state index contributed by atoms with van der Waals surface area (Å²) < 4.78 is 5.10. The molecule has 120 valence electrons. The minimum atomic E-state index is -0.622. The highest BCUT2D eigenvalue weighted by atomic mass is 32.2. The van der Waals surface area contributed by atoms with Gasteiger partial charge in [-0.15, -0.1) is 11.8 Å². The Kier molecular flexibility index (Phi) is 4.35. The quantitative estimate of drug-likeness (QED) is 0.498. The van der Waals surface area contributed by atoms with Gasteiger partial charge in [0.2, 0.25) is 0 Å². The van der Waals surface area contributed by atoms with Crippen LogP contribution < -0.4 is 10.9 Å². The number of hydrogen-bond donors (Lipinski definition) is 2. The molecule has 1 aromatic carbocycles. The number of carbonyl (C=O) groups excluding carboxylic acids is 1. The van der Waals surface area contributed by atoms with Crippen LogP contribution >= 0.6 is 11.8 Å². The summed E-state index contributed by atoms with van der Waals surface area (Å²) in [6.07, 6.45) is 2.87. The van der Waals surface area contributed by atoms with Gasteiger partial charge in [0.05, 0.1) is 5.56 Å². The van der Waals surface area contributed by atoms with Crippen molar-refractivity contribution in [2.75, 3.05) is 5.75 Å². The topological polar surface area (TPSA) is 116 Å². The number of rotatable bonds is 3. The Morgan fingerprint density at radius 1 is 1.46 bits per heavy atom. The maximum absolute atomic E-state index is 12.2. The average molecular weight is 341 g/mol. The second kappa shape index (κ2) is 6.60. The Morgan fingerprint density at radius 3 is 2.96 bits per heavy atom. The fraction of sp³-hybridized carbons (Fsp3) is 0.125. The number of fused-ring (bicyclic) bond motifs is 1. The maximum Gasteiger partial charge on any atom is 0.336 e. The molecule has 0 aliphatic carbocycles. The van der Waals surface area contributed by atoms with Crippen molar-refractivity contribution in [3.8, 4) is 11.8 Å². The number of benzene rings is 1. The Balaban J connectivity index is 2.03. The molecule has 0 bridgehead atoms. The van der Waals surface area contributed by atoms with Crippen molar-refractivity contribution in [1.82, 2.24) is 5.32 Å². The van der Waals surface area contributed by atoms with E-state index in [0.29, 0.717) is 11.1 Å². The van der Waals surface area contributed by atoms with Crippen LogP contribution in [0.2, 0.25) is 0 Å². The summed E-state index contributed by atoms with van der Waals surface area (Å²) in [6.45, 7) is 0. The zero-order valence-corrected chi connectivity index (χ0v) is 13.0. The second-order valence-corrected chi connectivity index (χ2v) is 5.94. The number of amides is 1. The lowest BCUT2D eigenvalue weighted by Crippen LogP contribution is -2.30. The summed E-state index contributed by atoms with van der Waals surface area (Å²) in [5.41, 5.74) is -1.06. The number of hydrogen-bond acceptors (Lipinski definition) is 7. The summed E-state index contributed by atoms with van der Waals surface area (Å²) in [6, 6.07) is 7.54. The van der Waals surface area contributed by atoms with Crippen LogP contribution in [0.15, 0.2) is 44.0 Å². The fourth-order valence-corrected chi connectivity index (χ4v) is 2.88. The van der Waals surface area contributed by atoms with E-state index in [1.54, 1.807) is 18.4 Å². The van der Waals surface area contributed by atoms with Gasteiger partial charge in [-0.05, 0) is 24.3 Å². The molecule has 2 heterocycles. The van der Waals surface area contributed by atoms with Gasteiger partial charge < -0.3 is 14.8 Å². The van der Waals surface area contributed by atoms with Gasteiger partial charge in [0.25, 0.3) is 5.91 Å². The first-order valence-electron chi connectivity index (χ1n) is 6.90. The fourth-order valence-electron chi connectivity index (χ4n) is 2.16. The monoisotopic (exact) mass is 341 g/mol. The van der Waals surface area contributed by atoms with Crippen LogP contribution in [0.1, 0.15) is 5.56 Å². The van der Waals surface area contributed by atoms with Crippen LogP contribution in [0, 0.1) is 11.3 Å². The van der Waals surface area contributed by atoms with Gasteiger partial charge in [-0.3, -0.25) is 9.79 Å². The molecule has 2 aromatic rings. The summed E-state index contributed by atoms with van der Waals surface area (Å²) >= 11 is 1.41. The van der Waals surface area contributed by atoms with Gasteiger partial charge in [0.1, 0.15) is 23.0 Å². The average Bonchev–Trinajstić information content (AvgIpc) is 3.07. The maximum atomic E-state index is 12.2. The van der Waals surface area contributed by atoms with Crippen LogP contribution in [0.4, 0.5) is 0 Å². The molecule has 0 saturated carbocycles. The molecule has 2 N–H and O–H groups in total. The number of thioether (sulfide) groups is 1. The molecule has 0 fully saturated rings. The normalized spacial score (nSPS) is 17.0. The van der Waals surface area contributed by atoms with E-state index in [4.69, 9.17) is 4.42 Å². The van der Waals surface area contributed by atoms with Gasteiger partial charge >= 0.3 is 5.63 Å². The number of aromatic hydroxyl groups is 1. The number of carbonyl (C=O) groups is 1. The van der Waals surface area contributed by atoms with Crippen LogP contribution in [0.5, 0.6) is 5.75 Å². The van der Waals surface area contributed by atoms with Crippen molar-refractivity contribution in [2.45, 2.75) is 5.50 Å². The molecule has 1 atom stereocenters. The van der Waals surface area contributed by atoms with Crippen molar-refractivity contribution < 1.29 is 14.3 Å². The van der Waals surface area contributed by atoms with Crippen LogP contribution in [-0.2, 0) is 4.79 Å². The largest absolute Gasteiger partial charge is 0.507 e. The van der Waals surface area contributed by atoms with E-state index in [1.807, 2.05) is 0 Å². The Morgan fingerprint density at radius 2 is 2.25 bits per heavy atom. The van der Waals surface area contributed by atoms with E-state index in [2.05, 4.69) is 10.3 Å². The number of aliphatic imine (C=N–C) groups is 1. The van der Waals surface area contributed by atoms with E-state index in [0.717, 1.165) is 0 Å². The Bertz CT molecular complexity index is 971. The molecule has 1 aliphatic heterocycles. The minimum Gasteiger partial charge on any atom is -0.507 e. The van der Waals surface area contributed by atoms with Crippen molar-refractivity contribution in [1.29, 1.82) is 5.26 Å². The smallest absolute Gasteiger partial charge is 0.336 e. The van der Waals surface area contributed by atoms with E-state index in [1.165, 1.54) is 36.0 Å². The lowest BCUT2D eigenvalue weighted by molar-refractivity contribution is -0.117. The number of nitriles is 1. The first kappa shape index (κ1) is 15.8. The molecular weight excluding hydrogens is 330 g/mol. The van der Waals surface area contributed by atoms with Crippen LogP contribution in [-0.4, -0.2) is 28.5 Å². The van der Waals surface area contributed by atoms with E-state index < -0.39 is 17.0 Å². The highest BCUT2D eigenvalue weighted by Gasteiger charge is 2.18. The summed E-state index contributed by atoms with van der Waals surface area (Å²) in [7, 11) is 0. The third-order valence-corrected chi connectivity index (χ3v) is 4.18. The third kappa shape index (κ3) is 3.16. The van der Waals surface area contributed by atoms with Crippen molar-refractivity contribution in [2.24, 2.45) is 4.99 Å². The molecule has 0 saturated heterocycles. The van der Waals surface area contributed by atoms with Crippen molar-refractivity contribution in [3.05, 3.63) is 45.8 Å². The summed E-state index contributed by atoms with van der Waals surface area (Å²) in [4.78, 5) is 27.7. The molecule has 3 rings (SSSR count). The van der Waals surface area contributed by atoms with E-state index in [-0.39, 0.29) is 22.5 Å². The standard InChI is InChI=1S/C16H11N3O4S/c17-8-10(15(22)19-16-18-5-6-24-16)7-11-12(20)3-1-9-2-4-13(21)23-14(9)11/h1-5,7,16,20H,6H2,(H,19,22)/b10-7+. The SMILES string of the molecule is N#C/C(=C\c1c(O)ccc2ccc(=O)oc12)C(=O)NC1N=CCS1. The molecule has 1 amide bonds. The summed E-state index contributed by atoms with van der Waals surface area (Å²) in [5.74, 6) is -0.138. The predicted octanol–water partition coefficient (Wildman–Crippen LogP) is 1.62. The molecule has 1 unspecified atom stereocenters. The lowest BCUT2D eigenvalue weighted by atomic mass is 10.1. The van der Waals surface area contributed by atoms with Crippen LogP contribution in [0.3, 0.4) is 0 Å². The van der Waals surface area contributed by atoms with Gasteiger partial charge in [-0.1, -0.05) is 0 Å². The Hall–Kier alpha value is -3.05. The molecular formula is C16H11N3O4S. The number of phenols is 1. The Labute approximate surface area is 140 Å². The minimum absolute atomic E-state index is 0.0967. The number of phenolic OH excluding ortho intramolecular Hbond substituents is 1. The zero-order chi connectivity index (χ0) is 17.1. The molecule has 24 heavy (non-hydrogen) atoms. The third-order valence-electron chi connectivity index (χ3n) is 3.28. The highest BCUT2D eigenvalue weighted by Crippen LogP contribution is 2.28. The molecule has 7 nitrogen and oxygen atoms in total. The van der Waals surface area contributed by atoms with Crippen LogP contribution in [0.25, 0.3) is 17.0 Å². The van der Waals surface area contributed by atoms with Gasteiger partial charge in [-0.2, -0.15) is 5.26 Å². The highest BCUT2D eigenvalue weighted by molar-refractivity contribution is 8.00. The first-order valence-corrected chi connectivity index (χ1v) is 7.95. The summed E-state index contributed by atoms with van der Waals surface area (Å²) in [5, 5.41) is 22.4. The van der Waals surface area contributed by atoms with E-state index in [9.17, 15) is 20.0 Å². The van der Waals surface area contributed by atoms with Gasteiger partial charge in [0, 0.05) is 23.4 Å². The first-order chi connectivity index (χ1) is 11.6. The second-order valence-electron chi connectivity index (χ2n) is 4.83. The number of nitrogens with one attached hydrogen (secondary N) is 1. The molecule has 0 spiro atoms. The number of nitrogens with zero attached hydrogens (tertiary/aromatic N) is 2. The predicted molar refractivity (Wildman–Crippen MR) is 90.6 cm³/mol. The van der Waals surface area contributed by atoms with Crippen molar-refractivity contribution in [3.63, 3.8) is 0 Å². The molecule has 1 aliphatic rings.